The minimum Gasteiger partial charge on any atom is -0.479 e. The number of hydrogen-bond acceptors (Lipinski definition) is 7. The molecule has 3 unspecified atom stereocenters. The summed E-state index contributed by atoms with van der Waals surface area (Å²) in [7, 11) is -4.36. The monoisotopic (exact) mass is 586 g/mol. The molecule has 0 spiro atoms. The van der Waals surface area contributed by atoms with Crippen LogP contribution in [0.25, 0.3) is 0 Å². The minimum atomic E-state index is -4.36. The van der Waals surface area contributed by atoms with Crippen LogP contribution in [-0.2, 0) is 34.2 Å². The molecule has 1 heterocycles. The second-order valence-electron chi connectivity index (χ2n) is 14.0. The van der Waals surface area contributed by atoms with Crippen molar-refractivity contribution in [3.8, 4) is 0 Å². The van der Waals surface area contributed by atoms with Gasteiger partial charge >= 0.3 is 11.9 Å². The van der Waals surface area contributed by atoms with E-state index in [1.807, 2.05) is 6.92 Å². The molecule has 8 nitrogen and oxygen atoms in total. The van der Waals surface area contributed by atoms with Crippen LogP contribution in [0.2, 0.25) is 0 Å². The van der Waals surface area contributed by atoms with E-state index in [4.69, 9.17) is 14.0 Å². The van der Waals surface area contributed by atoms with Gasteiger partial charge in [-0.25, -0.2) is 9.59 Å². The van der Waals surface area contributed by atoms with Crippen LogP contribution in [-0.4, -0.2) is 43.8 Å². The molecule has 0 bridgehead atoms. The molecule has 1 aromatic carbocycles. The number of carboxylic acids is 1. The van der Waals surface area contributed by atoms with Gasteiger partial charge in [0.15, 0.2) is 6.61 Å². The molecular formula is C32H42O8S. The van der Waals surface area contributed by atoms with Crippen molar-refractivity contribution in [3.63, 3.8) is 0 Å². The van der Waals surface area contributed by atoms with Crippen LogP contribution in [0, 0.1) is 47.3 Å². The van der Waals surface area contributed by atoms with Crippen molar-refractivity contribution >= 4 is 22.1 Å². The molecule has 224 valence electrons. The van der Waals surface area contributed by atoms with Crippen LogP contribution in [0.3, 0.4) is 0 Å². The Hall–Kier alpha value is -2.23. The average Bonchev–Trinajstić information content (AvgIpc) is 3.50. The number of hydrogen-bond donors (Lipinski definition) is 2. The standard InChI is InChI=1S/C32H42O8S/c1-19-4-9-27(41(37,38)40-18-28(33)34)26(14-19)32(36)13-12-30(2)21(16-32)5-6-22-24-8-7-23(20-15-29(35)39-17-20)31(24,3)11-10-25(22)30/h4,9,14-15,21-25,36H,5-8,10-13,16-18H2,1-3H3,(H,33,34)/t21-,22?,23-,24?,25?,30+,31-,32-/m1/s1. The number of rotatable bonds is 6. The van der Waals surface area contributed by atoms with Crippen molar-refractivity contribution in [2.24, 2.45) is 40.4 Å². The molecule has 41 heavy (non-hydrogen) atoms. The molecule has 5 aliphatic rings. The van der Waals surface area contributed by atoms with E-state index in [2.05, 4.69) is 13.8 Å². The van der Waals surface area contributed by atoms with Gasteiger partial charge in [-0.3, -0.25) is 4.18 Å². The number of fused-ring (bicyclic) bond motifs is 5. The highest BCUT2D eigenvalue weighted by Gasteiger charge is 2.62. The number of aliphatic carboxylic acids is 1. The fraction of sp³-hybridized carbons (Fsp3) is 0.688. The van der Waals surface area contributed by atoms with Gasteiger partial charge in [0.1, 0.15) is 11.5 Å². The van der Waals surface area contributed by atoms with Gasteiger partial charge in [0.2, 0.25) is 0 Å². The number of carboxylic acid groups (broad SMARTS) is 1. The van der Waals surface area contributed by atoms with Gasteiger partial charge in [0.05, 0.1) is 5.60 Å². The number of cyclic esters (lactones) is 1. The SMILES string of the molecule is Cc1ccc(S(=O)(=O)OCC(=O)O)c([C@@]2(O)CC[C@]3(C)C4CC[C@@]5(C)C(CC[C@@H]5C5=CC(=O)OC5)C4CC[C@@H]3C2)c1. The summed E-state index contributed by atoms with van der Waals surface area (Å²) >= 11 is 0. The normalized spacial score (nSPS) is 40.2. The Bertz CT molecular complexity index is 1400. The fourth-order valence-corrected chi connectivity index (χ4v) is 11.2. The van der Waals surface area contributed by atoms with Gasteiger partial charge in [0.25, 0.3) is 10.1 Å². The van der Waals surface area contributed by atoms with Gasteiger partial charge in [0, 0.05) is 11.6 Å². The topological polar surface area (TPSA) is 127 Å². The second kappa shape index (κ2) is 9.91. The molecule has 8 atom stereocenters. The Kier molecular flexibility index (Phi) is 6.98. The molecule has 2 N–H and O–H groups in total. The third-order valence-electron chi connectivity index (χ3n) is 12.1. The lowest BCUT2D eigenvalue weighted by Gasteiger charge is -2.62. The molecule has 0 amide bonds. The maximum Gasteiger partial charge on any atom is 0.331 e. The number of carbonyl (C=O) groups is 2. The van der Waals surface area contributed by atoms with Crippen molar-refractivity contribution in [1.29, 1.82) is 0 Å². The number of esters is 1. The number of benzene rings is 1. The first-order chi connectivity index (χ1) is 19.3. The van der Waals surface area contributed by atoms with E-state index in [9.17, 15) is 23.1 Å². The van der Waals surface area contributed by atoms with Gasteiger partial charge in [-0.1, -0.05) is 31.5 Å². The van der Waals surface area contributed by atoms with Crippen molar-refractivity contribution < 1.29 is 37.1 Å². The Morgan fingerprint density at radius 1 is 1.05 bits per heavy atom. The van der Waals surface area contributed by atoms with E-state index < -0.39 is 28.3 Å². The minimum absolute atomic E-state index is 0.0585. The number of carbonyl (C=O) groups excluding carboxylic acids is 1. The van der Waals surface area contributed by atoms with E-state index in [0.717, 1.165) is 44.1 Å². The van der Waals surface area contributed by atoms with E-state index in [1.165, 1.54) is 18.1 Å². The molecule has 0 radical (unpaired) electrons. The zero-order chi connectivity index (χ0) is 29.4. The Morgan fingerprint density at radius 3 is 2.51 bits per heavy atom. The lowest BCUT2D eigenvalue weighted by molar-refractivity contribution is -0.153. The highest BCUT2D eigenvalue weighted by molar-refractivity contribution is 7.86. The summed E-state index contributed by atoms with van der Waals surface area (Å²) < 4.78 is 36.2. The van der Waals surface area contributed by atoms with Gasteiger partial charge in [-0.15, -0.1) is 0 Å². The number of ether oxygens (including phenoxy) is 1. The lowest BCUT2D eigenvalue weighted by atomic mass is 9.43. The summed E-state index contributed by atoms with van der Waals surface area (Å²) in [6.45, 7) is 6.18. The van der Waals surface area contributed by atoms with E-state index in [1.54, 1.807) is 18.2 Å². The maximum atomic E-state index is 13.0. The summed E-state index contributed by atoms with van der Waals surface area (Å²) in [6.07, 6.45) is 10.1. The molecule has 0 saturated heterocycles. The summed E-state index contributed by atoms with van der Waals surface area (Å²) in [4.78, 5) is 22.7. The maximum absolute atomic E-state index is 13.0. The third-order valence-corrected chi connectivity index (χ3v) is 13.4. The summed E-state index contributed by atoms with van der Waals surface area (Å²) in [5.74, 6) is 0.866. The van der Waals surface area contributed by atoms with Crippen molar-refractivity contribution in [2.75, 3.05) is 13.2 Å². The molecule has 4 fully saturated rings. The first kappa shape index (κ1) is 28.9. The van der Waals surface area contributed by atoms with Crippen LogP contribution >= 0.6 is 0 Å². The first-order valence-electron chi connectivity index (χ1n) is 15.1. The molecule has 1 aliphatic heterocycles. The number of aryl methyl sites for hydroxylation is 1. The molecule has 4 aliphatic carbocycles. The zero-order valence-corrected chi connectivity index (χ0v) is 25.0. The van der Waals surface area contributed by atoms with Gasteiger partial charge in [-0.2, -0.15) is 8.42 Å². The van der Waals surface area contributed by atoms with Crippen molar-refractivity contribution in [3.05, 3.63) is 41.0 Å². The average molecular weight is 587 g/mol. The largest absolute Gasteiger partial charge is 0.479 e. The summed E-state index contributed by atoms with van der Waals surface area (Å²) in [6, 6.07) is 4.81. The first-order valence-corrected chi connectivity index (χ1v) is 16.5. The fourth-order valence-electron chi connectivity index (χ4n) is 10.1. The van der Waals surface area contributed by atoms with Crippen LogP contribution in [0.5, 0.6) is 0 Å². The molecule has 9 heteroatoms. The molecule has 0 aromatic heterocycles. The highest BCUT2D eigenvalue weighted by Crippen LogP contribution is 2.69. The Labute approximate surface area is 242 Å². The molecule has 1 aromatic rings. The predicted octanol–water partition coefficient (Wildman–Crippen LogP) is 5.11. The second-order valence-corrected chi connectivity index (χ2v) is 15.6. The van der Waals surface area contributed by atoms with Gasteiger partial charge < -0.3 is 14.9 Å². The van der Waals surface area contributed by atoms with Crippen LogP contribution in [0.15, 0.2) is 34.7 Å². The van der Waals surface area contributed by atoms with Crippen molar-refractivity contribution in [1.82, 2.24) is 0 Å². The lowest BCUT2D eigenvalue weighted by Crippen LogP contribution is -2.55. The third kappa shape index (κ3) is 4.67. The van der Waals surface area contributed by atoms with Crippen LogP contribution in [0.1, 0.15) is 82.8 Å². The van der Waals surface area contributed by atoms with E-state index in [0.29, 0.717) is 48.7 Å². The summed E-state index contributed by atoms with van der Waals surface area (Å²) in [5, 5.41) is 21.1. The predicted molar refractivity (Wildman–Crippen MR) is 150 cm³/mol. The Balaban J connectivity index is 1.25. The number of aliphatic hydroxyl groups is 1. The summed E-state index contributed by atoms with van der Waals surface area (Å²) in [5.41, 5.74) is 1.24. The molecule has 6 rings (SSSR count). The zero-order valence-electron chi connectivity index (χ0n) is 24.2. The van der Waals surface area contributed by atoms with E-state index >= 15 is 0 Å². The Morgan fingerprint density at radius 2 is 1.80 bits per heavy atom. The van der Waals surface area contributed by atoms with Crippen LogP contribution < -0.4 is 0 Å². The quantitative estimate of drug-likeness (QED) is 0.348. The van der Waals surface area contributed by atoms with Crippen molar-refractivity contribution in [2.45, 2.75) is 89.1 Å². The van der Waals surface area contributed by atoms with Gasteiger partial charge in [-0.05, 0) is 117 Å². The smallest absolute Gasteiger partial charge is 0.331 e. The molecular weight excluding hydrogens is 544 g/mol. The highest BCUT2D eigenvalue weighted by atomic mass is 32.2. The van der Waals surface area contributed by atoms with Crippen LogP contribution in [0.4, 0.5) is 0 Å². The molecule has 4 saturated carbocycles. The van der Waals surface area contributed by atoms with E-state index in [-0.39, 0.29) is 27.6 Å².